The maximum Gasteiger partial charge on any atom is 0.0131 e. The molecular weight excluding hydrogens is 134 g/mol. The fourth-order valence-electron chi connectivity index (χ4n) is 2.09. The van der Waals surface area contributed by atoms with Gasteiger partial charge in [0, 0.05) is 5.54 Å². The normalized spacial score (nSPS) is 54.0. The van der Waals surface area contributed by atoms with Gasteiger partial charge in [0.25, 0.3) is 0 Å². The third-order valence-corrected chi connectivity index (χ3v) is 2.53. The van der Waals surface area contributed by atoms with Gasteiger partial charge in [-0.1, -0.05) is 0 Å². The largest absolute Gasteiger partial charge is 0.325 e. The summed E-state index contributed by atoms with van der Waals surface area (Å²) in [5.74, 6) is 2.06. The Labute approximate surface area is 62.4 Å². The molecule has 2 rings (SSSR count). The average Bonchev–Trinajstić information content (AvgIpc) is 2.11. The zero-order chi connectivity index (χ0) is 5.78. The molecule has 0 bridgehead atoms. The van der Waals surface area contributed by atoms with Gasteiger partial charge < -0.3 is 5.73 Å². The van der Waals surface area contributed by atoms with Gasteiger partial charge in [0.2, 0.25) is 0 Å². The van der Waals surface area contributed by atoms with Crippen molar-refractivity contribution < 1.29 is 0 Å². The van der Waals surface area contributed by atoms with E-state index in [4.69, 9.17) is 5.73 Å². The monoisotopic (exact) mass is 147 g/mol. The van der Waals surface area contributed by atoms with Gasteiger partial charge in [-0.25, -0.2) is 0 Å². The summed E-state index contributed by atoms with van der Waals surface area (Å²) >= 11 is 0. The number of nitrogens with two attached hydrogens (primary N) is 1. The molecule has 0 amide bonds. The lowest BCUT2D eigenvalue weighted by Crippen LogP contribution is -2.33. The average molecular weight is 148 g/mol. The Morgan fingerprint density at radius 2 is 1.78 bits per heavy atom. The molecule has 54 valence electrons. The minimum atomic E-state index is 0. The molecule has 2 fully saturated rings. The Kier molecular flexibility index (Phi) is 1.52. The van der Waals surface area contributed by atoms with Crippen LogP contribution in [0.5, 0.6) is 0 Å². The Morgan fingerprint density at radius 1 is 1.33 bits per heavy atom. The minimum Gasteiger partial charge on any atom is -0.325 e. The van der Waals surface area contributed by atoms with Crippen LogP contribution in [-0.4, -0.2) is 5.54 Å². The summed E-state index contributed by atoms with van der Waals surface area (Å²) in [6.07, 6.45) is 4.06. The SMILES string of the molecule is CC1(N)CC2CC2C1.Cl. The molecular formula is C7H14ClN. The van der Waals surface area contributed by atoms with Crippen LogP contribution in [-0.2, 0) is 0 Å². The van der Waals surface area contributed by atoms with Crippen molar-refractivity contribution in [3.05, 3.63) is 0 Å². The van der Waals surface area contributed by atoms with Crippen LogP contribution in [0.3, 0.4) is 0 Å². The van der Waals surface area contributed by atoms with E-state index in [0.29, 0.717) is 0 Å². The van der Waals surface area contributed by atoms with Gasteiger partial charge >= 0.3 is 0 Å². The van der Waals surface area contributed by atoms with Gasteiger partial charge in [-0.05, 0) is 38.0 Å². The van der Waals surface area contributed by atoms with Crippen molar-refractivity contribution in [2.45, 2.75) is 31.7 Å². The first-order chi connectivity index (χ1) is 3.67. The smallest absolute Gasteiger partial charge is 0.0131 e. The molecule has 0 radical (unpaired) electrons. The lowest BCUT2D eigenvalue weighted by Gasteiger charge is -2.18. The van der Waals surface area contributed by atoms with E-state index in [-0.39, 0.29) is 17.9 Å². The van der Waals surface area contributed by atoms with Gasteiger partial charge in [0.05, 0.1) is 0 Å². The van der Waals surface area contributed by atoms with E-state index >= 15 is 0 Å². The first kappa shape index (κ1) is 7.36. The van der Waals surface area contributed by atoms with Gasteiger partial charge in [0.1, 0.15) is 0 Å². The molecule has 0 spiro atoms. The van der Waals surface area contributed by atoms with Gasteiger partial charge in [0.15, 0.2) is 0 Å². The second-order valence-electron chi connectivity index (χ2n) is 3.82. The van der Waals surface area contributed by atoms with E-state index in [1.807, 2.05) is 0 Å². The highest BCUT2D eigenvalue weighted by atomic mass is 35.5. The van der Waals surface area contributed by atoms with E-state index < -0.39 is 0 Å². The van der Waals surface area contributed by atoms with Crippen molar-refractivity contribution in [2.24, 2.45) is 17.6 Å². The molecule has 0 aromatic rings. The fourth-order valence-corrected chi connectivity index (χ4v) is 2.09. The third kappa shape index (κ3) is 1.22. The second-order valence-corrected chi connectivity index (χ2v) is 3.82. The van der Waals surface area contributed by atoms with Crippen LogP contribution in [0.1, 0.15) is 26.2 Å². The maximum absolute atomic E-state index is 5.90. The van der Waals surface area contributed by atoms with E-state index in [1.165, 1.54) is 19.3 Å². The second kappa shape index (κ2) is 1.86. The highest BCUT2D eigenvalue weighted by molar-refractivity contribution is 5.85. The summed E-state index contributed by atoms with van der Waals surface area (Å²) in [4.78, 5) is 0. The molecule has 2 N–H and O–H groups in total. The molecule has 2 heteroatoms. The number of rotatable bonds is 0. The van der Waals surface area contributed by atoms with E-state index in [1.54, 1.807) is 0 Å². The van der Waals surface area contributed by atoms with Crippen molar-refractivity contribution in [1.82, 2.24) is 0 Å². The van der Waals surface area contributed by atoms with Crippen LogP contribution in [0.2, 0.25) is 0 Å². The molecule has 2 saturated carbocycles. The Morgan fingerprint density at radius 3 is 2.00 bits per heavy atom. The van der Waals surface area contributed by atoms with E-state index in [2.05, 4.69) is 6.92 Å². The Balaban J connectivity index is 0.000000405. The number of fused-ring (bicyclic) bond motifs is 1. The van der Waals surface area contributed by atoms with E-state index in [0.717, 1.165) is 11.8 Å². The van der Waals surface area contributed by atoms with Crippen molar-refractivity contribution in [1.29, 1.82) is 0 Å². The van der Waals surface area contributed by atoms with Crippen molar-refractivity contribution >= 4 is 12.4 Å². The molecule has 0 aromatic carbocycles. The molecule has 0 aliphatic heterocycles. The number of halogens is 1. The summed E-state index contributed by atoms with van der Waals surface area (Å²) in [6, 6.07) is 0. The Bertz CT molecular complexity index is 110. The van der Waals surface area contributed by atoms with Gasteiger partial charge in [-0.2, -0.15) is 0 Å². The van der Waals surface area contributed by atoms with Crippen LogP contribution in [0.25, 0.3) is 0 Å². The summed E-state index contributed by atoms with van der Waals surface area (Å²) < 4.78 is 0. The van der Waals surface area contributed by atoms with Crippen LogP contribution < -0.4 is 5.73 Å². The fraction of sp³-hybridized carbons (Fsp3) is 1.00. The summed E-state index contributed by atoms with van der Waals surface area (Å²) in [6.45, 7) is 2.18. The minimum absolute atomic E-state index is 0. The lowest BCUT2D eigenvalue weighted by atomic mass is 9.98. The van der Waals surface area contributed by atoms with Crippen molar-refractivity contribution in [3.8, 4) is 0 Å². The number of hydrogen-bond donors (Lipinski definition) is 1. The van der Waals surface area contributed by atoms with Crippen LogP contribution in [0.4, 0.5) is 0 Å². The zero-order valence-electron chi connectivity index (χ0n) is 5.76. The quantitative estimate of drug-likeness (QED) is 0.553. The van der Waals surface area contributed by atoms with Crippen molar-refractivity contribution in [3.63, 3.8) is 0 Å². The Hall–Kier alpha value is 0.250. The maximum atomic E-state index is 5.90. The predicted molar refractivity (Wildman–Crippen MR) is 40.7 cm³/mol. The predicted octanol–water partition coefficient (Wildman–Crippen LogP) is 1.56. The molecule has 0 aromatic heterocycles. The van der Waals surface area contributed by atoms with Crippen LogP contribution >= 0.6 is 12.4 Å². The highest BCUT2D eigenvalue weighted by Crippen LogP contribution is 2.54. The molecule has 1 nitrogen and oxygen atoms in total. The summed E-state index contributed by atoms with van der Waals surface area (Å²) in [7, 11) is 0. The molecule has 2 atom stereocenters. The summed E-state index contributed by atoms with van der Waals surface area (Å²) in [5.41, 5.74) is 6.11. The first-order valence-corrected chi connectivity index (χ1v) is 3.46. The molecule has 2 aliphatic rings. The highest BCUT2D eigenvalue weighted by Gasteiger charge is 2.49. The third-order valence-electron chi connectivity index (χ3n) is 2.53. The van der Waals surface area contributed by atoms with Crippen LogP contribution in [0, 0.1) is 11.8 Å². The van der Waals surface area contributed by atoms with Gasteiger partial charge in [-0.3, -0.25) is 0 Å². The lowest BCUT2D eigenvalue weighted by molar-refractivity contribution is 0.435. The van der Waals surface area contributed by atoms with Gasteiger partial charge in [-0.15, -0.1) is 12.4 Å². The first-order valence-electron chi connectivity index (χ1n) is 3.46. The molecule has 2 unspecified atom stereocenters. The molecule has 2 aliphatic carbocycles. The molecule has 0 saturated heterocycles. The zero-order valence-corrected chi connectivity index (χ0v) is 6.58. The van der Waals surface area contributed by atoms with Crippen LogP contribution in [0.15, 0.2) is 0 Å². The van der Waals surface area contributed by atoms with Crippen molar-refractivity contribution in [2.75, 3.05) is 0 Å². The van der Waals surface area contributed by atoms with E-state index in [9.17, 15) is 0 Å². The topological polar surface area (TPSA) is 26.0 Å². The molecule has 9 heavy (non-hydrogen) atoms. The molecule has 0 heterocycles. The standard InChI is InChI=1S/C7H13N.ClH/c1-7(8)3-5-2-6(5)4-7;/h5-6H,2-4,8H2,1H3;1H. The summed E-state index contributed by atoms with van der Waals surface area (Å²) in [5, 5.41) is 0. The number of hydrogen-bond acceptors (Lipinski definition) is 1.